The molecular weight excluding hydrogens is 420 g/mol. The van der Waals surface area contributed by atoms with E-state index in [2.05, 4.69) is 9.71 Å². The maximum atomic E-state index is 12.9. The van der Waals surface area contributed by atoms with Gasteiger partial charge in [0.15, 0.2) is 6.10 Å². The first-order chi connectivity index (χ1) is 14.7. The normalized spacial score (nSPS) is 12.6. The van der Waals surface area contributed by atoms with E-state index in [1.54, 1.807) is 6.92 Å². The summed E-state index contributed by atoms with van der Waals surface area (Å²) < 4.78 is 36.9. The number of ether oxygens (including phenoxy) is 2. The second kappa shape index (κ2) is 9.42. The highest BCUT2D eigenvalue weighted by atomic mass is 32.2. The van der Waals surface area contributed by atoms with E-state index in [0.717, 1.165) is 10.9 Å². The van der Waals surface area contributed by atoms with Crippen LogP contribution < -0.4 is 4.72 Å². The molecule has 31 heavy (non-hydrogen) atoms. The van der Waals surface area contributed by atoms with E-state index in [1.807, 2.05) is 24.3 Å². The number of hydrogen-bond donors (Lipinski definition) is 2. The largest absolute Gasteiger partial charge is 0.451 e. The number of para-hydroxylation sites is 1. The smallest absolute Gasteiger partial charge is 0.338 e. The Morgan fingerprint density at radius 2 is 1.77 bits per heavy atom. The van der Waals surface area contributed by atoms with E-state index in [0.29, 0.717) is 11.3 Å². The molecule has 1 aromatic heterocycles. The van der Waals surface area contributed by atoms with Gasteiger partial charge in [-0.2, -0.15) is 0 Å². The third kappa shape index (κ3) is 5.01. The van der Waals surface area contributed by atoms with Crippen molar-refractivity contribution < 1.29 is 27.5 Å². The average molecular weight is 445 g/mol. The molecule has 0 unspecified atom stereocenters. The molecule has 0 radical (unpaired) electrons. The number of carbonyl (C=O) groups excluding carboxylic acids is 2. The van der Waals surface area contributed by atoms with Crippen LogP contribution in [0.2, 0.25) is 0 Å². The van der Waals surface area contributed by atoms with Crippen LogP contribution in [0.3, 0.4) is 0 Å². The van der Waals surface area contributed by atoms with Crippen molar-refractivity contribution in [1.29, 1.82) is 0 Å². The molecule has 0 spiro atoms. The number of rotatable bonds is 9. The van der Waals surface area contributed by atoms with Gasteiger partial charge in [-0.1, -0.05) is 18.2 Å². The summed E-state index contributed by atoms with van der Waals surface area (Å²) >= 11 is 0. The first-order valence-electron chi connectivity index (χ1n) is 9.65. The van der Waals surface area contributed by atoms with Crippen LogP contribution in [-0.4, -0.2) is 51.5 Å². The van der Waals surface area contributed by atoms with Gasteiger partial charge in [0.2, 0.25) is 15.8 Å². The third-order valence-corrected chi connectivity index (χ3v) is 6.27. The molecule has 2 N–H and O–H groups in total. The molecule has 0 aliphatic heterocycles. The Bertz CT molecular complexity index is 1200. The number of benzene rings is 2. The van der Waals surface area contributed by atoms with Crippen LogP contribution in [0.15, 0.2) is 53.4 Å². The number of fused-ring (bicyclic) bond motifs is 1. The molecule has 164 valence electrons. The monoisotopic (exact) mass is 444 g/mol. The van der Waals surface area contributed by atoms with Crippen LogP contribution in [0.5, 0.6) is 0 Å². The molecule has 1 heterocycles. The Morgan fingerprint density at radius 3 is 2.45 bits per heavy atom. The summed E-state index contributed by atoms with van der Waals surface area (Å²) in [6, 6.07) is 12.7. The molecule has 2 aromatic carbocycles. The molecule has 9 heteroatoms. The predicted molar refractivity (Wildman–Crippen MR) is 116 cm³/mol. The molecule has 0 aliphatic carbocycles. The highest BCUT2D eigenvalue weighted by Gasteiger charge is 2.25. The van der Waals surface area contributed by atoms with Gasteiger partial charge in [-0.15, -0.1) is 0 Å². The van der Waals surface area contributed by atoms with Crippen molar-refractivity contribution in [3.05, 3.63) is 65.4 Å². The SMILES string of the molecule is COCCNS(=O)(=O)c1ccc(C(=O)O[C@H](C)C(=O)c2c(C)[nH]c3ccccc23)cc1. The zero-order valence-electron chi connectivity index (χ0n) is 17.5. The number of carbonyl (C=O) groups is 2. The maximum Gasteiger partial charge on any atom is 0.338 e. The zero-order valence-corrected chi connectivity index (χ0v) is 18.3. The van der Waals surface area contributed by atoms with Crippen LogP contribution in [0, 0.1) is 6.92 Å². The van der Waals surface area contributed by atoms with Crippen molar-refractivity contribution in [2.45, 2.75) is 24.8 Å². The first kappa shape index (κ1) is 22.7. The number of ketones is 1. The summed E-state index contributed by atoms with van der Waals surface area (Å²) in [7, 11) is -2.23. The van der Waals surface area contributed by atoms with Crippen molar-refractivity contribution in [2.75, 3.05) is 20.3 Å². The second-order valence-corrected chi connectivity index (χ2v) is 8.76. The van der Waals surface area contributed by atoms with Gasteiger partial charge in [-0.05, 0) is 44.2 Å². The number of Topliss-reactive ketones (excluding diaryl/α,β-unsaturated/α-hetero) is 1. The van der Waals surface area contributed by atoms with E-state index in [-0.39, 0.29) is 29.4 Å². The van der Waals surface area contributed by atoms with Gasteiger partial charge < -0.3 is 14.5 Å². The van der Waals surface area contributed by atoms with Crippen molar-refractivity contribution in [1.82, 2.24) is 9.71 Å². The highest BCUT2D eigenvalue weighted by Crippen LogP contribution is 2.24. The van der Waals surface area contributed by atoms with E-state index in [9.17, 15) is 18.0 Å². The van der Waals surface area contributed by atoms with Crippen LogP contribution in [0.25, 0.3) is 10.9 Å². The number of aromatic nitrogens is 1. The average Bonchev–Trinajstić information content (AvgIpc) is 3.09. The molecule has 3 rings (SSSR count). The minimum atomic E-state index is -3.71. The Kier molecular flexibility index (Phi) is 6.89. The van der Waals surface area contributed by atoms with Gasteiger partial charge in [0.05, 0.1) is 17.1 Å². The number of sulfonamides is 1. The lowest BCUT2D eigenvalue weighted by atomic mass is 10.0. The standard InChI is InChI=1S/C22H24N2O6S/c1-14-20(18-6-4-5-7-19(18)24-14)21(25)15(2)30-22(26)16-8-10-17(11-9-16)31(27,28)23-12-13-29-3/h4-11,15,23-24H,12-13H2,1-3H3/t15-/m1/s1. The van der Waals surface area contributed by atoms with Gasteiger partial charge in [-0.3, -0.25) is 4.79 Å². The fourth-order valence-corrected chi connectivity index (χ4v) is 4.22. The van der Waals surface area contributed by atoms with Gasteiger partial charge in [0.25, 0.3) is 0 Å². The lowest BCUT2D eigenvalue weighted by Crippen LogP contribution is -2.27. The van der Waals surface area contributed by atoms with Crippen molar-refractivity contribution in [3.63, 3.8) is 0 Å². The van der Waals surface area contributed by atoms with Gasteiger partial charge in [-0.25, -0.2) is 17.9 Å². The topological polar surface area (TPSA) is 115 Å². The maximum absolute atomic E-state index is 12.9. The van der Waals surface area contributed by atoms with Crippen molar-refractivity contribution >= 4 is 32.7 Å². The van der Waals surface area contributed by atoms with Crippen molar-refractivity contribution in [3.8, 4) is 0 Å². The zero-order chi connectivity index (χ0) is 22.6. The van der Waals surface area contributed by atoms with Crippen LogP contribution in [0.1, 0.15) is 33.3 Å². The number of methoxy groups -OCH3 is 1. The molecule has 0 bridgehead atoms. The summed E-state index contributed by atoms with van der Waals surface area (Å²) in [4.78, 5) is 28.6. The van der Waals surface area contributed by atoms with Crippen LogP contribution >= 0.6 is 0 Å². The molecule has 1 atom stereocenters. The number of aromatic amines is 1. The number of nitrogens with one attached hydrogen (secondary N) is 2. The fourth-order valence-electron chi connectivity index (χ4n) is 3.21. The minimum absolute atomic E-state index is 0.0127. The third-order valence-electron chi connectivity index (χ3n) is 4.79. The number of hydrogen-bond acceptors (Lipinski definition) is 6. The molecular formula is C22H24N2O6S. The Balaban J connectivity index is 1.71. The lowest BCUT2D eigenvalue weighted by Gasteiger charge is -2.13. The van der Waals surface area contributed by atoms with Crippen LogP contribution in [0.4, 0.5) is 0 Å². The molecule has 3 aromatic rings. The van der Waals surface area contributed by atoms with Gasteiger partial charge >= 0.3 is 5.97 Å². The summed E-state index contributed by atoms with van der Waals surface area (Å²) in [6.45, 7) is 3.68. The van der Waals surface area contributed by atoms with Gasteiger partial charge in [0, 0.05) is 35.8 Å². The molecule has 8 nitrogen and oxygen atoms in total. The van der Waals surface area contributed by atoms with E-state index in [1.165, 1.54) is 38.3 Å². The second-order valence-electron chi connectivity index (χ2n) is 7.00. The molecule has 0 fully saturated rings. The number of H-pyrrole nitrogens is 1. The number of esters is 1. The van der Waals surface area contributed by atoms with E-state index >= 15 is 0 Å². The fraction of sp³-hybridized carbons (Fsp3) is 0.273. The van der Waals surface area contributed by atoms with Crippen LogP contribution in [-0.2, 0) is 19.5 Å². The molecule has 0 saturated heterocycles. The Morgan fingerprint density at radius 1 is 1.10 bits per heavy atom. The summed E-state index contributed by atoms with van der Waals surface area (Å²) in [5.41, 5.74) is 2.16. The summed E-state index contributed by atoms with van der Waals surface area (Å²) in [6.07, 6.45) is -1.01. The van der Waals surface area contributed by atoms with Crippen molar-refractivity contribution in [2.24, 2.45) is 0 Å². The summed E-state index contributed by atoms with van der Waals surface area (Å²) in [5, 5.41) is 0.767. The summed E-state index contributed by atoms with van der Waals surface area (Å²) in [5.74, 6) is -1.03. The molecule has 0 saturated carbocycles. The first-order valence-corrected chi connectivity index (χ1v) is 11.1. The predicted octanol–water partition coefficient (Wildman–Crippen LogP) is 2.83. The van der Waals surface area contributed by atoms with E-state index < -0.39 is 22.1 Å². The molecule has 0 aliphatic rings. The Labute approximate surface area is 180 Å². The quantitative estimate of drug-likeness (QED) is 0.298. The Hall–Kier alpha value is -3.01. The minimum Gasteiger partial charge on any atom is -0.451 e. The lowest BCUT2D eigenvalue weighted by molar-refractivity contribution is 0.0319. The highest BCUT2D eigenvalue weighted by molar-refractivity contribution is 7.89. The van der Waals surface area contributed by atoms with Gasteiger partial charge in [0.1, 0.15) is 0 Å². The number of aryl methyl sites for hydroxylation is 1. The molecule has 0 amide bonds. The van der Waals surface area contributed by atoms with E-state index in [4.69, 9.17) is 9.47 Å².